The van der Waals surface area contributed by atoms with Crippen molar-refractivity contribution >= 4 is 29.1 Å². The fourth-order valence-corrected chi connectivity index (χ4v) is 4.81. The molecule has 1 saturated carbocycles. The van der Waals surface area contributed by atoms with Crippen molar-refractivity contribution in [2.24, 2.45) is 17.6 Å². The van der Waals surface area contributed by atoms with Gasteiger partial charge < -0.3 is 25.2 Å². The SMILES string of the molecule is N[C@H](C1CCN(C(=O)[C@@H]2COCCO2)CC1)C1CC(Cl)C(Cl)CC1O. The summed E-state index contributed by atoms with van der Waals surface area (Å²) in [5.41, 5.74) is 6.48. The Bertz CT molecular complexity index is 456. The van der Waals surface area contributed by atoms with Crippen LogP contribution in [0.2, 0.25) is 0 Å². The van der Waals surface area contributed by atoms with Crippen LogP contribution in [0.4, 0.5) is 0 Å². The number of likely N-dealkylation sites (tertiary alicyclic amines) is 1. The van der Waals surface area contributed by atoms with Crippen molar-refractivity contribution in [2.75, 3.05) is 32.9 Å². The third kappa shape index (κ3) is 4.60. The van der Waals surface area contributed by atoms with Crippen molar-refractivity contribution in [3.8, 4) is 0 Å². The number of amides is 1. The number of rotatable bonds is 3. The van der Waals surface area contributed by atoms with Gasteiger partial charge in [-0.25, -0.2) is 0 Å². The minimum atomic E-state index is -0.500. The van der Waals surface area contributed by atoms with E-state index in [1.165, 1.54) is 0 Å². The Balaban J connectivity index is 1.50. The van der Waals surface area contributed by atoms with Gasteiger partial charge in [0.25, 0.3) is 5.91 Å². The first-order valence-corrected chi connectivity index (χ1v) is 10.0. The predicted molar refractivity (Wildman–Crippen MR) is 95.9 cm³/mol. The van der Waals surface area contributed by atoms with Gasteiger partial charge in [0.05, 0.1) is 36.7 Å². The molecule has 8 heteroatoms. The van der Waals surface area contributed by atoms with Gasteiger partial charge in [-0.15, -0.1) is 23.2 Å². The summed E-state index contributed by atoms with van der Waals surface area (Å²) >= 11 is 12.4. The molecule has 25 heavy (non-hydrogen) atoms. The fraction of sp³-hybridized carbons (Fsp3) is 0.941. The van der Waals surface area contributed by atoms with Gasteiger partial charge in [0.2, 0.25) is 0 Å². The van der Waals surface area contributed by atoms with Crippen LogP contribution in [-0.2, 0) is 14.3 Å². The zero-order valence-corrected chi connectivity index (χ0v) is 15.9. The molecule has 3 aliphatic rings. The quantitative estimate of drug-likeness (QED) is 0.696. The average molecular weight is 395 g/mol. The Morgan fingerprint density at radius 3 is 2.48 bits per heavy atom. The first-order chi connectivity index (χ1) is 12.0. The van der Waals surface area contributed by atoms with E-state index in [0.29, 0.717) is 45.8 Å². The van der Waals surface area contributed by atoms with Crippen molar-refractivity contribution in [1.82, 2.24) is 4.90 Å². The van der Waals surface area contributed by atoms with Gasteiger partial charge in [0.1, 0.15) is 0 Å². The molecular weight excluding hydrogens is 367 g/mol. The minimum absolute atomic E-state index is 0.00947. The van der Waals surface area contributed by atoms with Crippen LogP contribution in [0.25, 0.3) is 0 Å². The average Bonchev–Trinajstić information content (AvgIpc) is 2.64. The number of carbonyl (C=O) groups is 1. The highest BCUT2D eigenvalue weighted by Crippen LogP contribution is 2.37. The van der Waals surface area contributed by atoms with Gasteiger partial charge in [-0.1, -0.05) is 0 Å². The number of carbonyl (C=O) groups excluding carboxylic acids is 1. The molecule has 2 aliphatic heterocycles. The number of aliphatic hydroxyl groups excluding tert-OH is 1. The largest absolute Gasteiger partial charge is 0.393 e. The number of hydrogen-bond donors (Lipinski definition) is 2. The number of ether oxygens (including phenoxy) is 2. The summed E-state index contributed by atoms with van der Waals surface area (Å²) in [5, 5.41) is 10.0. The van der Waals surface area contributed by atoms with Gasteiger partial charge in [0.15, 0.2) is 6.10 Å². The normalized spacial score (nSPS) is 39.2. The third-order valence-electron chi connectivity index (χ3n) is 5.83. The van der Waals surface area contributed by atoms with E-state index in [1.54, 1.807) is 0 Å². The van der Waals surface area contributed by atoms with E-state index in [1.807, 2.05) is 4.90 Å². The van der Waals surface area contributed by atoms with Crippen LogP contribution in [0.1, 0.15) is 25.7 Å². The zero-order chi connectivity index (χ0) is 18.0. The molecule has 2 heterocycles. The maximum Gasteiger partial charge on any atom is 0.254 e. The zero-order valence-electron chi connectivity index (χ0n) is 14.4. The topological polar surface area (TPSA) is 85.0 Å². The van der Waals surface area contributed by atoms with Gasteiger partial charge >= 0.3 is 0 Å². The maximum atomic E-state index is 12.5. The molecule has 3 rings (SSSR count). The molecule has 3 N–H and O–H groups in total. The fourth-order valence-electron chi connectivity index (χ4n) is 4.22. The van der Waals surface area contributed by atoms with Crippen molar-refractivity contribution in [1.29, 1.82) is 0 Å². The lowest BCUT2D eigenvalue weighted by atomic mass is 9.74. The number of nitrogens with two attached hydrogens (primary N) is 1. The van der Waals surface area contributed by atoms with E-state index >= 15 is 0 Å². The molecular formula is C17H28Cl2N2O4. The molecule has 0 radical (unpaired) electrons. The summed E-state index contributed by atoms with van der Waals surface area (Å²) in [5.74, 6) is 0.262. The van der Waals surface area contributed by atoms with Gasteiger partial charge in [-0.2, -0.15) is 0 Å². The molecule has 0 bridgehead atoms. The first kappa shape index (κ1) is 19.6. The van der Waals surface area contributed by atoms with E-state index in [2.05, 4.69) is 0 Å². The van der Waals surface area contributed by atoms with E-state index in [-0.39, 0.29) is 34.5 Å². The molecule has 1 amide bonds. The molecule has 0 aromatic carbocycles. The van der Waals surface area contributed by atoms with E-state index < -0.39 is 12.2 Å². The lowest BCUT2D eigenvalue weighted by Gasteiger charge is -2.43. The predicted octanol–water partition coefficient (Wildman–Crippen LogP) is 0.953. The second-order valence-corrected chi connectivity index (χ2v) is 8.53. The molecule has 2 saturated heterocycles. The van der Waals surface area contributed by atoms with Gasteiger partial charge in [0, 0.05) is 25.0 Å². The van der Waals surface area contributed by atoms with Crippen molar-refractivity contribution in [2.45, 2.75) is 54.7 Å². The Morgan fingerprint density at radius 2 is 1.84 bits per heavy atom. The summed E-state index contributed by atoms with van der Waals surface area (Å²) < 4.78 is 10.8. The molecule has 6 nitrogen and oxygen atoms in total. The Labute approximate surface area is 158 Å². The summed E-state index contributed by atoms with van der Waals surface area (Å²) in [7, 11) is 0. The Kier molecular flexibility index (Phi) is 6.85. The van der Waals surface area contributed by atoms with Crippen molar-refractivity contribution in [3.63, 3.8) is 0 Å². The van der Waals surface area contributed by atoms with Gasteiger partial charge in [-0.05, 0) is 31.6 Å². The van der Waals surface area contributed by atoms with Gasteiger partial charge in [-0.3, -0.25) is 4.79 Å². The number of halogens is 2. The van der Waals surface area contributed by atoms with Crippen LogP contribution in [0.5, 0.6) is 0 Å². The van der Waals surface area contributed by atoms with Crippen LogP contribution >= 0.6 is 23.2 Å². The Morgan fingerprint density at radius 1 is 1.16 bits per heavy atom. The van der Waals surface area contributed by atoms with Crippen LogP contribution in [-0.4, -0.2) is 77.8 Å². The van der Waals surface area contributed by atoms with Crippen LogP contribution in [0.15, 0.2) is 0 Å². The third-order valence-corrected chi connectivity index (χ3v) is 6.93. The monoisotopic (exact) mass is 394 g/mol. The highest BCUT2D eigenvalue weighted by atomic mass is 35.5. The molecule has 4 unspecified atom stereocenters. The summed E-state index contributed by atoms with van der Waals surface area (Å²) in [6, 6.07) is -0.119. The summed E-state index contributed by atoms with van der Waals surface area (Å²) in [4.78, 5) is 14.3. The molecule has 0 spiro atoms. The molecule has 3 fully saturated rings. The Hall–Kier alpha value is -0.110. The molecule has 6 atom stereocenters. The second kappa shape index (κ2) is 8.72. The first-order valence-electron chi connectivity index (χ1n) is 9.17. The van der Waals surface area contributed by atoms with E-state index in [4.69, 9.17) is 38.4 Å². The van der Waals surface area contributed by atoms with Crippen molar-refractivity contribution < 1.29 is 19.4 Å². The highest BCUT2D eigenvalue weighted by molar-refractivity contribution is 6.30. The van der Waals surface area contributed by atoms with E-state index in [9.17, 15) is 9.90 Å². The number of alkyl halides is 2. The number of hydrogen-bond acceptors (Lipinski definition) is 5. The molecule has 0 aromatic rings. The second-order valence-electron chi connectivity index (χ2n) is 7.41. The number of aliphatic hydroxyl groups is 1. The molecule has 144 valence electrons. The lowest BCUT2D eigenvalue weighted by Crippen LogP contribution is -2.53. The van der Waals surface area contributed by atoms with Crippen LogP contribution in [0, 0.1) is 11.8 Å². The molecule has 1 aliphatic carbocycles. The highest BCUT2D eigenvalue weighted by Gasteiger charge is 2.41. The summed E-state index contributed by atoms with van der Waals surface area (Å²) in [6.45, 7) is 2.70. The smallest absolute Gasteiger partial charge is 0.254 e. The minimum Gasteiger partial charge on any atom is -0.393 e. The standard InChI is InChI=1S/C17H28Cl2N2O4/c18-12-7-11(14(22)8-13(12)19)16(20)10-1-3-21(4-2-10)17(23)15-9-24-5-6-25-15/h10-16,22H,1-9,20H2/t11?,12?,13?,14?,15-,16+/m0/s1. The van der Waals surface area contributed by atoms with E-state index in [0.717, 1.165) is 12.8 Å². The van der Waals surface area contributed by atoms with Crippen LogP contribution < -0.4 is 5.73 Å². The van der Waals surface area contributed by atoms with Crippen LogP contribution in [0.3, 0.4) is 0 Å². The summed E-state index contributed by atoms with van der Waals surface area (Å²) in [6.07, 6.45) is 1.83. The number of piperidine rings is 1. The number of nitrogens with zero attached hydrogens (tertiary/aromatic N) is 1. The molecule has 0 aromatic heterocycles. The van der Waals surface area contributed by atoms with Crippen molar-refractivity contribution in [3.05, 3.63) is 0 Å². The lowest BCUT2D eigenvalue weighted by molar-refractivity contribution is -0.159. The maximum absolute atomic E-state index is 12.5.